The Morgan fingerprint density at radius 3 is 0.600 bits per heavy atom. The van der Waals surface area contributed by atoms with Crippen molar-refractivity contribution in [3.05, 3.63) is 39.5 Å². The van der Waals surface area contributed by atoms with Crippen LogP contribution in [0.1, 0.15) is 0 Å². The maximum atomic E-state index is 8.88. The molecule has 15 heavy (non-hydrogen) atoms. The third-order valence-corrected chi connectivity index (χ3v) is 0. The zero-order chi connectivity index (χ0) is 10.5. The first-order valence-electron chi connectivity index (χ1n) is 2.28. The molecule has 15 N–H and O–H groups in total. The van der Waals surface area contributed by atoms with Crippen LogP contribution in [0.2, 0.25) is 0 Å². The van der Waals surface area contributed by atoms with Gasteiger partial charge in [0.05, 0.1) is 0 Å². The molecule has 0 amide bonds. The quantitative estimate of drug-likeness (QED) is 0.248. The highest BCUT2D eigenvalue weighted by molar-refractivity contribution is 7.45. The molecule has 0 bridgehead atoms. The number of phosphoric acid groups is 1. The summed E-state index contributed by atoms with van der Waals surface area (Å²) in [5.41, 5.74) is 0. The van der Waals surface area contributed by atoms with Gasteiger partial charge in [-0.1, -0.05) is 0 Å². The highest BCUT2D eigenvalue weighted by Gasteiger charge is 2.00. The molecule has 0 aromatic carbocycles. The Bertz CT molecular complexity index is 98.3. The molecule has 0 atom stereocenters. The Hall–Kier alpha value is -0.830. The van der Waals surface area contributed by atoms with Crippen LogP contribution in [-0.2, 0) is 4.57 Å². The van der Waals surface area contributed by atoms with Crippen molar-refractivity contribution >= 4 is 7.82 Å². The summed E-state index contributed by atoms with van der Waals surface area (Å²) in [6, 6.07) is 0. The van der Waals surface area contributed by atoms with E-state index in [4.69, 9.17) is 19.2 Å². The molecule has 0 fully saturated rings. The van der Waals surface area contributed by atoms with Crippen LogP contribution in [0.3, 0.4) is 0 Å². The van der Waals surface area contributed by atoms with Gasteiger partial charge >= 0.3 is 7.82 Å². The Kier molecular flexibility index (Phi) is 314. The third-order valence-electron chi connectivity index (χ3n) is 0. The summed E-state index contributed by atoms with van der Waals surface area (Å²) >= 11 is 0. The summed E-state index contributed by atoms with van der Waals surface area (Å²) in [6.07, 6.45) is 0. The molecular formula is C6H27N4O4P. The monoisotopic (exact) mass is 250 g/mol. The lowest BCUT2D eigenvalue weighted by molar-refractivity contribution is 0.275. The van der Waals surface area contributed by atoms with Gasteiger partial charge in [0.25, 0.3) is 0 Å². The molecular weight excluding hydrogens is 223 g/mol. The lowest BCUT2D eigenvalue weighted by Crippen LogP contribution is -1.66. The van der Waals surface area contributed by atoms with E-state index in [9.17, 15) is 0 Å². The fourth-order valence-corrected chi connectivity index (χ4v) is 0. The van der Waals surface area contributed by atoms with Gasteiger partial charge in [-0.15, -0.1) is 39.5 Å². The summed E-state index contributed by atoms with van der Waals surface area (Å²) in [4.78, 5) is 21.6. The molecule has 0 spiro atoms. The summed E-state index contributed by atoms with van der Waals surface area (Å²) < 4.78 is 8.88. The Morgan fingerprint density at radius 1 is 0.600 bits per heavy atom. The van der Waals surface area contributed by atoms with Crippen molar-refractivity contribution in [2.45, 2.75) is 0 Å². The highest BCUT2D eigenvalue weighted by Crippen LogP contribution is 2.25. The van der Waals surface area contributed by atoms with E-state index in [1.165, 1.54) is 0 Å². The van der Waals surface area contributed by atoms with E-state index in [2.05, 4.69) is 39.5 Å². The minimum Gasteiger partial charge on any atom is -0.344 e. The highest BCUT2D eigenvalue weighted by atomic mass is 31.2. The van der Waals surface area contributed by atoms with Crippen molar-refractivity contribution in [2.24, 2.45) is 0 Å². The van der Waals surface area contributed by atoms with Crippen LogP contribution in [0.4, 0.5) is 0 Å². The lowest BCUT2D eigenvalue weighted by Gasteiger charge is -1.82. The van der Waals surface area contributed by atoms with E-state index < -0.39 is 7.82 Å². The van der Waals surface area contributed by atoms with Crippen molar-refractivity contribution in [3.63, 3.8) is 0 Å². The predicted octanol–water partition coefficient (Wildman–Crippen LogP) is 2.13. The predicted molar refractivity (Wildman–Crippen MR) is 68.1 cm³/mol. The molecule has 8 nitrogen and oxygen atoms in total. The van der Waals surface area contributed by atoms with Crippen LogP contribution in [0.25, 0.3) is 0 Å². The average Bonchev–Trinajstić information content (AvgIpc) is 1.96. The van der Waals surface area contributed by atoms with Gasteiger partial charge in [-0.25, -0.2) is 4.57 Å². The molecule has 0 saturated heterocycles. The SMILES string of the molecule is C=C.C=C.C=C.N.N.N.N.O=P(O)(O)O. The van der Waals surface area contributed by atoms with Crippen molar-refractivity contribution < 1.29 is 19.2 Å². The van der Waals surface area contributed by atoms with Gasteiger partial charge in [-0.2, -0.15) is 0 Å². The van der Waals surface area contributed by atoms with E-state index >= 15 is 0 Å². The minimum atomic E-state index is -4.64. The second kappa shape index (κ2) is 73.0. The standard InChI is InChI=1S/3C2H4.4H3N.H3O4P/c3*1-2;;;;;1-5(2,3)4/h3*1-2H2;4*1H3;(H3,1,2,3,4). The van der Waals surface area contributed by atoms with E-state index in [-0.39, 0.29) is 24.6 Å². The van der Waals surface area contributed by atoms with E-state index in [0.717, 1.165) is 0 Å². The van der Waals surface area contributed by atoms with Gasteiger partial charge in [0.1, 0.15) is 0 Å². The summed E-state index contributed by atoms with van der Waals surface area (Å²) in [7, 11) is -4.64. The third kappa shape index (κ3) is 2390. The molecule has 0 aliphatic rings. The first kappa shape index (κ1) is 64.6. The minimum absolute atomic E-state index is 0. The second-order valence-electron chi connectivity index (χ2n) is 0.513. The number of rotatable bonds is 0. The van der Waals surface area contributed by atoms with Crippen molar-refractivity contribution in [1.82, 2.24) is 24.6 Å². The van der Waals surface area contributed by atoms with Crippen molar-refractivity contribution in [1.29, 1.82) is 0 Å². The van der Waals surface area contributed by atoms with Gasteiger partial charge < -0.3 is 39.3 Å². The van der Waals surface area contributed by atoms with Crippen LogP contribution in [-0.4, -0.2) is 14.7 Å². The Labute approximate surface area is 92.0 Å². The molecule has 0 aromatic heterocycles. The molecule has 0 heterocycles. The molecule has 0 aromatic rings. The smallest absolute Gasteiger partial charge is 0.344 e. The molecule has 0 rings (SSSR count). The summed E-state index contributed by atoms with van der Waals surface area (Å²) in [5, 5.41) is 0. The molecule has 9 heteroatoms. The van der Waals surface area contributed by atoms with Crippen LogP contribution >= 0.6 is 7.82 Å². The zero-order valence-electron chi connectivity index (χ0n) is 9.27. The van der Waals surface area contributed by atoms with E-state index in [0.29, 0.717) is 0 Å². The number of hydrogen-bond acceptors (Lipinski definition) is 5. The molecule has 0 radical (unpaired) electrons. The molecule has 100 valence electrons. The second-order valence-corrected chi connectivity index (χ2v) is 1.54. The zero-order valence-corrected chi connectivity index (χ0v) is 10.2. The molecule has 0 saturated carbocycles. The van der Waals surface area contributed by atoms with Crippen LogP contribution in [0.5, 0.6) is 0 Å². The summed E-state index contributed by atoms with van der Waals surface area (Å²) in [6.45, 7) is 18.0. The van der Waals surface area contributed by atoms with Crippen LogP contribution in [0, 0.1) is 0 Å². The maximum absolute atomic E-state index is 8.88. The van der Waals surface area contributed by atoms with Crippen LogP contribution in [0.15, 0.2) is 39.5 Å². The van der Waals surface area contributed by atoms with E-state index in [1.807, 2.05) is 0 Å². The van der Waals surface area contributed by atoms with Gasteiger partial charge in [0.15, 0.2) is 0 Å². The Morgan fingerprint density at radius 2 is 0.600 bits per heavy atom. The van der Waals surface area contributed by atoms with Gasteiger partial charge in [-0.05, 0) is 0 Å². The van der Waals surface area contributed by atoms with Crippen molar-refractivity contribution in [2.75, 3.05) is 0 Å². The molecule has 0 aliphatic heterocycles. The lowest BCUT2D eigenvalue weighted by atomic mass is 11.3. The summed E-state index contributed by atoms with van der Waals surface area (Å²) in [5.74, 6) is 0. The first-order valence-corrected chi connectivity index (χ1v) is 3.85. The van der Waals surface area contributed by atoms with Gasteiger partial charge in [0.2, 0.25) is 0 Å². The first-order chi connectivity index (χ1) is 5.00. The fraction of sp³-hybridized carbons (Fsp3) is 0. The van der Waals surface area contributed by atoms with E-state index in [1.54, 1.807) is 0 Å². The maximum Gasteiger partial charge on any atom is 0.466 e. The van der Waals surface area contributed by atoms with Crippen LogP contribution < -0.4 is 24.6 Å². The van der Waals surface area contributed by atoms with Crippen molar-refractivity contribution in [3.8, 4) is 0 Å². The average molecular weight is 250 g/mol. The molecule has 0 unspecified atom stereocenters. The largest absolute Gasteiger partial charge is 0.466 e. The Balaban J connectivity index is -0.00000000736. The topological polar surface area (TPSA) is 218 Å². The number of hydrogen-bond donors (Lipinski definition) is 7. The molecule has 0 aliphatic carbocycles. The van der Waals surface area contributed by atoms with Gasteiger partial charge in [-0.3, -0.25) is 0 Å². The normalized spacial score (nSPS) is 4.73. The van der Waals surface area contributed by atoms with Gasteiger partial charge in [0, 0.05) is 0 Å². The fourth-order valence-electron chi connectivity index (χ4n) is 0.